The van der Waals surface area contributed by atoms with E-state index in [1.807, 2.05) is 0 Å². The van der Waals surface area contributed by atoms with Crippen molar-refractivity contribution in [1.29, 1.82) is 0 Å². The molecule has 7 nitrogen and oxygen atoms in total. The number of benzene rings is 2. The van der Waals surface area contributed by atoms with Crippen LogP contribution in [-0.4, -0.2) is 25.1 Å². The molecule has 7 heteroatoms. The zero-order chi connectivity index (χ0) is 18.7. The zero-order valence-corrected chi connectivity index (χ0v) is 14.1. The number of non-ortho nitro benzene ring substituents is 1. The Bertz CT molecular complexity index is 928. The van der Waals surface area contributed by atoms with Crippen molar-refractivity contribution < 1.29 is 23.9 Å². The standard InChI is InChI=1S/C19H15NO6/c1-24-15-7-8-16(17(11-15)25-2)18-10-13(19(21)26-18)9-12-3-5-14(6-4-12)20(22)23/h3-11H,1-2H3. The van der Waals surface area contributed by atoms with E-state index in [1.54, 1.807) is 49.6 Å². The number of carbonyl (C=O) groups is 1. The molecule has 0 aromatic heterocycles. The topological polar surface area (TPSA) is 87.9 Å². The summed E-state index contributed by atoms with van der Waals surface area (Å²) in [6, 6.07) is 11.1. The molecule has 132 valence electrons. The molecule has 0 aliphatic carbocycles. The third-order valence-corrected chi connectivity index (χ3v) is 3.83. The number of carbonyl (C=O) groups excluding carboxylic acids is 1. The number of nitro groups is 1. The van der Waals surface area contributed by atoms with E-state index >= 15 is 0 Å². The highest BCUT2D eigenvalue weighted by atomic mass is 16.6. The van der Waals surface area contributed by atoms with Gasteiger partial charge in [-0.05, 0) is 42.0 Å². The van der Waals surface area contributed by atoms with Crippen LogP contribution in [0.1, 0.15) is 11.1 Å². The Morgan fingerprint density at radius 1 is 1.08 bits per heavy atom. The summed E-state index contributed by atoms with van der Waals surface area (Å²) in [4.78, 5) is 22.4. The van der Waals surface area contributed by atoms with Crippen LogP contribution in [0.3, 0.4) is 0 Å². The van der Waals surface area contributed by atoms with Crippen molar-refractivity contribution in [2.24, 2.45) is 0 Å². The number of methoxy groups -OCH3 is 2. The number of cyclic esters (lactones) is 1. The second kappa shape index (κ2) is 7.10. The van der Waals surface area contributed by atoms with Crippen LogP contribution in [0, 0.1) is 10.1 Å². The highest BCUT2D eigenvalue weighted by molar-refractivity contribution is 6.05. The van der Waals surface area contributed by atoms with Gasteiger partial charge in [-0.3, -0.25) is 10.1 Å². The normalized spacial score (nSPS) is 14.8. The number of esters is 1. The minimum absolute atomic E-state index is 0.0136. The maximum absolute atomic E-state index is 12.1. The molecule has 0 saturated heterocycles. The third-order valence-electron chi connectivity index (χ3n) is 3.83. The maximum atomic E-state index is 12.1. The summed E-state index contributed by atoms with van der Waals surface area (Å²) in [5.74, 6) is 0.996. The first-order valence-corrected chi connectivity index (χ1v) is 7.64. The van der Waals surface area contributed by atoms with Gasteiger partial charge in [-0.15, -0.1) is 0 Å². The Morgan fingerprint density at radius 2 is 1.81 bits per heavy atom. The Balaban J connectivity index is 1.93. The highest BCUT2D eigenvalue weighted by Crippen LogP contribution is 2.35. The molecule has 0 atom stereocenters. The number of hydrogen-bond donors (Lipinski definition) is 0. The number of hydrogen-bond acceptors (Lipinski definition) is 6. The lowest BCUT2D eigenvalue weighted by molar-refractivity contribution is -0.384. The SMILES string of the molecule is COc1ccc(C2=CC(=Cc3ccc([N+](=O)[O-])cc3)C(=O)O2)c(OC)c1. The van der Waals surface area contributed by atoms with E-state index in [4.69, 9.17) is 14.2 Å². The Kier molecular flexibility index (Phi) is 4.70. The molecule has 26 heavy (non-hydrogen) atoms. The van der Waals surface area contributed by atoms with Gasteiger partial charge in [-0.25, -0.2) is 4.79 Å². The summed E-state index contributed by atoms with van der Waals surface area (Å²) >= 11 is 0. The van der Waals surface area contributed by atoms with E-state index in [2.05, 4.69) is 0 Å². The predicted octanol–water partition coefficient (Wildman–Crippen LogP) is 3.59. The molecular formula is C19H15NO6. The molecule has 0 amide bonds. The molecule has 1 aliphatic heterocycles. The van der Waals surface area contributed by atoms with Gasteiger partial charge in [-0.2, -0.15) is 0 Å². The van der Waals surface area contributed by atoms with Gasteiger partial charge < -0.3 is 14.2 Å². The second-order valence-electron chi connectivity index (χ2n) is 5.41. The van der Waals surface area contributed by atoms with Crippen LogP contribution in [0.25, 0.3) is 11.8 Å². The van der Waals surface area contributed by atoms with Crippen LogP contribution in [-0.2, 0) is 9.53 Å². The fourth-order valence-corrected chi connectivity index (χ4v) is 2.50. The quantitative estimate of drug-likeness (QED) is 0.353. The van der Waals surface area contributed by atoms with E-state index < -0.39 is 10.9 Å². The van der Waals surface area contributed by atoms with E-state index in [0.29, 0.717) is 34.0 Å². The van der Waals surface area contributed by atoms with E-state index in [-0.39, 0.29) is 5.69 Å². The summed E-state index contributed by atoms with van der Waals surface area (Å²) < 4.78 is 15.8. The maximum Gasteiger partial charge on any atom is 0.343 e. The lowest BCUT2D eigenvalue weighted by Gasteiger charge is -2.10. The smallest absolute Gasteiger partial charge is 0.343 e. The first kappa shape index (κ1) is 17.2. The molecule has 3 rings (SSSR count). The number of rotatable bonds is 5. The molecule has 0 N–H and O–H groups in total. The largest absolute Gasteiger partial charge is 0.497 e. The van der Waals surface area contributed by atoms with Crippen molar-refractivity contribution >= 4 is 23.5 Å². The average Bonchev–Trinajstić information content (AvgIpc) is 3.01. The van der Waals surface area contributed by atoms with Crippen molar-refractivity contribution in [2.45, 2.75) is 0 Å². The van der Waals surface area contributed by atoms with Gasteiger partial charge in [-0.1, -0.05) is 0 Å². The highest BCUT2D eigenvalue weighted by Gasteiger charge is 2.24. The van der Waals surface area contributed by atoms with Crippen molar-refractivity contribution in [3.63, 3.8) is 0 Å². The second-order valence-corrected chi connectivity index (χ2v) is 5.41. The van der Waals surface area contributed by atoms with Gasteiger partial charge >= 0.3 is 5.97 Å². The lowest BCUT2D eigenvalue weighted by atomic mass is 10.1. The molecule has 0 radical (unpaired) electrons. The fourth-order valence-electron chi connectivity index (χ4n) is 2.50. The minimum atomic E-state index is -0.503. The first-order chi connectivity index (χ1) is 12.5. The van der Waals surface area contributed by atoms with Crippen LogP contribution in [0.15, 0.2) is 54.1 Å². The van der Waals surface area contributed by atoms with E-state index in [9.17, 15) is 14.9 Å². The molecule has 0 fully saturated rings. The fraction of sp³-hybridized carbons (Fsp3) is 0.105. The van der Waals surface area contributed by atoms with Gasteiger partial charge in [0.1, 0.15) is 17.3 Å². The summed E-state index contributed by atoms with van der Waals surface area (Å²) in [7, 11) is 3.07. The molecule has 0 unspecified atom stereocenters. The minimum Gasteiger partial charge on any atom is -0.497 e. The van der Waals surface area contributed by atoms with Crippen LogP contribution in [0.5, 0.6) is 11.5 Å². The monoisotopic (exact) mass is 353 g/mol. The molecular weight excluding hydrogens is 338 g/mol. The molecule has 2 aromatic carbocycles. The van der Waals surface area contributed by atoms with Crippen molar-refractivity contribution in [1.82, 2.24) is 0 Å². The van der Waals surface area contributed by atoms with Gasteiger partial charge in [0.05, 0.1) is 30.3 Å². The Hall–Kier alpha value is -3.61. The van der Waals surface area contributed by atoms with Crippen LogP contribution >= 0.6 is 0 Å². The number of nitrogens with zero attached hydrogens (tertiary/aromatic N) is 1. The average molecular weight is 353 g/mol. The van der Waals surface area contributed by atoms with E-state index in [0.717, 1.165) is 0 Å². The van der Waals surface area contributed by atoms with Crippen LogP contribution in [0.2, 0.25) is 0 Å². The van der Waals surface area contributed by atoms with Gasteiger partial charge in [0.15, 0.2) is 0 Å². The number of nitro benzene ring substituents is 1. The summed E-state index contributed by atoms with van der Waals surface area (Å²) in [5, 5.41) is 10.7. The van der Waals surface area contributed by atoms with Gasteiger partial charge in [0.25, 0.3) is 5.69 Å². The molecule has 1 aliphatic rings. The van der Waals surface area contributed by atoms with Crippen LogP contribution in [0.4, 0.5) is 5.69 Å². The van der Waals surface area contributed by atoms with Gasteiger partial charge in [0, 0.05) is 18.2 Å². The Labute approximate surface area is 149 Å². The summed E-state index contributed by atoms with van der Waals surface area (Å²) in [5.41, 5.74) is 1.60. The first-order valence-electron chi connectivity index (χ1n) is 7.64. The number of ether oxygens (including phenoxy) is 3. The third kappa shape index (κ3) is 3.41. The van der Waals surface area contributed by atoms with Crippen molar-refractivity contribution in [3.05, 3.63) is 75.4 Å². The zero-order valence-electron chi connectivity index (χ0n) is 14.1. The summed E-state index contributed by atoms with van der Waals surface area (Å²) in [6.07, 6.45) is 3.21. The lowest BCUT2D eigenvalue weighted by Crippen LogP contribution is -1.98. The Morgan fingerprint density at radius 3 is 2.42 bits per heavy atom. The molecule has 1 heterocycles. The van der Waals surface area contributed by atoms with Crippen molar-refractivity contribution in [2.75, 3.05) is 14.2 Å². The van der Waals surface area contributed by atoms with Crippen molar-refractivity contribution in [3.8, 4) is 11.5 Å². The predicted molar refractivity (Wildman–Crippen MR) is 94.7 cm³/mol. The molecule has 0 bridgehead atoms. The molecule has 0 saturated carbocycles. The van der Waals surface area contributed by atoms with Crippen LogP contribution < -0.4 is 9.47 Å². The molecule has 0 spiro atoms. The molecule has 2 aromatic rings. The van der Waals surface area contributed by atoms with Gasteiger partial charge in [0.2, 0.25) is 0 Å². The summed E-state index contributed by atoms with van der Waals surface area (Å²) in [6.45, 7) is 0. The van der Waals surface area contributed by atoms with E-state index in [1.165, 1.54) is 19.2 Å².